The van der Waals surface area contributed by atoms with Crippen LogP contribution in [0.1, 0.15) is 22.3 Å². The zero-order chi connectivity index (χ0) is 19.7. The summed E-state index contributed by atoms with van der Waals surface area (Å²) in [6.07, 6.45) is -1.17. The molecule has 3 rings (SSSR count). The Kier molecular flexibility index (Phi) is 5.15. The molecule has 0 spiro atoms. The van der Waals surface area contributed by atoms with E-state index in [1.807, 2.05) is 30.4 Å². The number of primary amides is 1. The van der Waals surface area contributed by atoms with E-state index in [0.717, 1.165) is 15.9 Å². The number of aryl methyl sites for hydroxylation is 1. The monoisotopic (exact) mass is 406 g/mol. The van der Waals surface area contributed by atoms with Crippen LogP contribution in [0, 0.1) is 6.92 Å². The topological polar surface area (TPSA) is 116 Å². The van der Waals surface area contributed by atoms with Crippen LogP contribution < -0.4 is 11.1 Å². The summed E-state index contributed by atoms with van der Waals surface area (Å²) in [6.45, 7) is 3.17. The summed E-state index contributed by atoms with van der Waals surface area (Å²) in [5.74, 6) is -1.48. The third-order valence-corrected chi connectivity index (χ3v) is 5.14. The van der Waals surface area contributed by atoms with Gasteiger partial charge in [-0.05, 0) is 32.0 Å². The first-order chi connectivity index (χ1) is 12.8. The second-order valence-electron chi connectivity index (χ2n) is 5.68. The third-order valence-electron chi connectivity index (χ3n) is 3.73. The van der Waals surface area contributed by atoms with Crippen LogP contribution in [-0.4, -0.2) is 33.8 Å². The van der Waals surface area contributed by atoms with Crippen LogP contribution in [0.5, 0.6) is 0 Å². The molecule has 0 aliphatic rings. The minimum Gasteiger partial charge on any atom is -0.448 e. The number of para-hydroxylation sites is 1. The van der Waals surface area contributed by atoms with Gasteiger partial charge in [0.1, 0.15) is 9.71 Å². The number of carbonyl (C=O) groups is 3. The Morgan fingerprint density at radius 1 is 1.33 bits per heavy atom. The molecule has 0 aliphatic heterocycles. The molecule has 3 amide bonds. The van der Waals surface area contributed by atoms with Gasteiger partial charge in [-0.25, -0.2) is 14.3 Å². The molecule has 1 atom stereocenters. The van der Waals surface area contributed by atoms with Crippen LogP contribution in [0.3, 0.4) is 0 Å². The minimum atomic E-state index is -1.17. The van der Waals surface area contributed by atoms with Gasteiger partial charge >= 0.3 is 12.0 Å². The molecular weight excluding hydrogens is 392 g/mol. The van der Waals surface area contributed by atoms with E-state index in [1.165, 1.54) is 18.3 Å². The van der Waals surface area contributed by atoms with Crippen molar-refractivity contribution in [2.24, 2.45) is 5.73 Å². The summed E-state index contributed by atoms with van der Waals surface area (Å²) in [6, 6.07) is 7.86. The fourth-order valence-electron chi connectivity index (χ4n) is 2.43. The van der Waals surface area contributed by atoms with Gasteiger partial charge in [0.05, 0.1) is 16.4 Å². The van der Waals surface area contributed by atoms with Crippen LogP contribution in [0.25, 0.3) is 15.9 Å². The van der Waals surface area contributed by atoms with E-state index >= 15 is 0 Å². The van der Waals surface area contributed by atoms with Crippen LogP contribution in [0.4, 0.5) is 4.79 Å². The van der Waals surface area contributed by atoms with Gasteiger partial charge in [-0.3, -0.25) is 10.1 Å². The number of hydrogen-bond donors (Lipinski definition) is 2. The number of rotatable bonds is 4. The van der Waals surface area contributed by atoms with Crippen molar-refractivity contribution in [3.8, 4) is 5.69 Å². The molecule has 3 N–H and O–H groups in total. The van der Waals surface area contributed by atoms with Gasteiger partial charge < -0.3 is 10.5 Å². The predicted molar refractivity (Wildman–Crippen MR) is 101 cm³/mol. The molecule has 1 aromatic carbocycles. The Bertz CT molecular complexity index is 1060. The van der Waals surface area contributed by atoms with E-state index in [2.05, 4.69) is 5.10 Å². The highest BCUT2D eigenvalue weighted by molar-refractivity contribution is 7.20. The lowest BCUT2D eigenvalue weighted by Gasteiger charge is -2.10. The number of aromatic nitrogens is 2. The highest BCUT2D eigenvalue weighted by Crippen LogP contribution is 2.32. The molecule has 3 aromatic rings. The molecule has 0 saturated heterocycles. The zero-order valence-electron chi connectivity index (χ0n) is 14.4. The van der Waals surface area contributed by atoms with Gasteiger partial charge in [-0.2, -0.15) is 5.10 Å². The number of urea groups is 1. The van der Waals surface area contributed by atoms with E-state index in [-0.39, 0.29) is 0 Å². The number of esters is 1. The van der Waals surface area contributed by atoms with Crippen molar-refractivity contribution in [2.45, 2.75) is 20.0 Å². The maximum absolute atomic E-state index is 12.4. The molecule has 140 valence electrons. The van der Waals surface area contributed by atoms with Crippen LogP contribution >= 0.6 is 22.9 Å². The number of imide groups is 1. The standard InChI is InChI=1S/C17H15ClN4O4S/c1-8-10-7-13(16(24)26-9(2)14(23)20-17(19)25)27-15(10)22(21-8)12-6-4-3-5-11(12)18/h3-7,9H,1-2H3,(H3,19,20,23,25)/t9-/m1/s1. The molecular formula is C17H15ClN4O4S. The second-order valence-corrected chi connectivity index (χ2v) is 7.12. The Hall–Kier alpha value is -2.91. The van der Waals surface area contributed by atoms with Crippen LogP contribution in [0.15, 0.2) is 30.3 Å². The van der Waals surface area contributed by atoms with Gasteiger partial charge in [0.2, 0.25) is 0 Å². The molecule has 27 heavy (non-hydrogen) atoms. The zero-order valence-corrected chi connectivity index (χ0v) is 15.9. The van der Waals surface area contributed by atoms with Crippen molar-refractivity contribution in [1.29, 1.82) is 0 Å². The molecule has 0 saturated carbocycles. The van der Waals surface area contributed by atoms with Crippen molar-refractivity contribution >= 4 is 51.1 Å². The lowest BCUT2D eigenvalue weighted by Crippen LogP contribution is -2.42. The Labute approximate surface area is 162 Å². The molecule has 2 heterocycles. The molecule has 0 radical (unpaired) electrons. The first kappa shape index (κ1) is 18.9. The summed E-state index contributed by atoms with van der Waals surface area (Å²) in [4.78, 5) is 35.8. The first-order valence-corrected chi connectivity index (χ1v) is 9.02. The number of fused-ring (bicyclic) bond motifs is 1. The van der Waals surface area contributed by atoms with E-state index in [0.29, 0.717) is 15.6 Å². The van der Waals surface area contributed by atoms with Crippen molar-refractivity contribution in [3.63, 3.8) is 0 Å². The minimum absolute atomic E-state index is 0.296. The smallest absolute Gasteiger partial charge is 0.349 e. The highest BCUT2D eigenvalue weighted by Gasteiger charge is 2.23. The Morgan fingerprint density at radius 2 is 2.04 bits per heavy atom. The third kappa shape index (κ3) is 3.79. The number of benzene rings is 1. The van der Waals surface area contributed by atoms with E-state index in [4.69, 9.17) is 22.1 Å². The number of hydrogen-bond acceptors (Lipinski definition) is 6. The molecule has 0 fully saturated rings. The largest absolute Gasteiger partial charge is 0.448 e. The number of ether oxygens (including phenoxy) is 1. The van der Waals surface area contributed by atoms with Crippen molar-refractivity contribution < 1.29 is 19.1 Å². The summed E-state index contributed by atoms with van der Waals surface area (Å²) in [5.41, 5.74) is 6.29. The van der Waals surface area contributed by atoms with E-state index in [9.17, 15) is 14.4 Å². The molecule has 0 aliphatic carbocycles. The average molecular weight is 407 g/mol. The molecule has 2 aromatic heterocycles. The summed E-state index contributed by atoms with van der Waals surface area (Å²) in [5, 5.41) is 7.65. The van der Waals surface area contributed by atoms with E-state index in [1.54, 1.807) is 16.8 Å². The van der Waals surface area contributed by atoms with Gasteiger partial charge in [-0.15, -0.1) is 11.3 Å². The van der Waals surface area contributed by atoms with Gasteiger partial charge in [0, 0.05) is 5.39 Å². The van der Waals surface area contributed by atoms with E-state index < -0.39 is 24.0 Å². The predicted octanol–water partition coefficient (Wildman–Crippen LogP) is 2.79. The lowest BCUT2D eigenvalue weighted by molar-refractivity contribution is -0.127. The molecule has 0 bridgehead atoms. The summed E-state index contributed by atoms with van der Waals surface area (Å²) < 4.78 is 6.77. The number of amides is 3. The quantitative estimate of drug-likeness (QED) is 0.646. The van der Waals surface area contributed by atoms with Crippen LogP contribution in [-0.2, 0) is 9.53 Å². The highest BCUT2D eigenvalue weighted by atomic mass is 35.5. The SMILES string of the molecule is Cc1nn(-c2ccccc2Cl)c2sc(C(=O)O[C@H](C)C(=O)NC(N)=O)cc12. The fourth-order valence-corrected chi connectivity index (χ4v) is 3.70. The summed E-state index contributed by atoms with van der Waals surface area (Å²) in [7, 11) is 0. The maximum Gasteiger partial charge on any atom is 0.349 e. The number of nitrogens with two attached hydrogens (primary N) is 1. The summed E-state index contributed by atoms with van der Waals surface area (Å²) >= 11 is 7.42. The van der Waals surface area contributed by atoms with Crippen molar-refractivity contribution in [3.05, 3.63) is 45.9 Å². The fraction of sp³-hybridized carbons (Fsp3) is 0.176. The number of nitrogens with one attached hydrogen (secondary N) is 1. The molecule has 10 heteroatoms. The van der Waals surface area contributed by atoms with Gasteiger partial charge in [-0.1, -0.05) is 23.7 Å². The Morgan fingerprint density at radius 3 is 2.70 bits per heavy atom. The first-order valence-electron chi connectivity index (χ1n) is 7.83. The number of carbonyl (C=O) groups excluding carboxylic acids is 3. The lowest BCUT2D eigenvalue weighted by atomic mass is 10.3. The normalized spacial score (nSPS) is 12.0. The number of halogens is 1. The average Bonchev–Trinajstić information content (AvgIpc) is 3.16. The Balaban J connectivity index is 1.90. The van der Waals surface area contributed by atoms with Crippen molar-refractivity contribution in [1.82, 2.24) is 15.1 Å². The molecule has 0 unspecified atom stereocenters. The van der Waals surface area contributed by atoms with Crippen molar-refractivity contribution in [2.75, 3.05) is 0 Å². The van der Waals surface area contributed by atoms with Crippen LogP contribution in [0.2, 0.25) is 5.02 Å². The number of nitrogens with zero attached hydrogens (tertiary/aromatic N) is 2. The van der Waals surface area contributed by atoms with Gasteiger partial charge in [0.15, 0.2) is 6.10 Å². The van der Waals surface area contributed by atoms with Gasteiger partial charge in [0.25, 0.3) is 5.91 Å². The second kappa shape index (κ2) is 7.37. The number of thiophene rings is 1. The molecule has 8 nitrogen and oxygen atoms in total. The maximum atomic E-state index is 12.4.